The fourth-order valence-electron chi connectivity index (χ4n) is 1.74. The highest BCUT2D eigenvalue weighted by Gasteiger charge is 2.07. The van der Waals surface area contributed by atoms with Crippen LogP contribution in [0.1, 0.15) is 25.5 Å². The lowest BCUT2D eigenvalue weighted by Crippen LogP contribution is -2.25. The van der Waals surface area contributed by atoms with Crippen molar-refractivity contribution in [2.75, 3.05) is 12.8 Å². The van der Waals surface area contributed by atoms with Crippen LogP contribution in [0.15, 0.2) is 30.6 Å². The van der Waals surface area contributed by atoms with Crippen LogP contribution in [0.25, 0.3) is 5.69 Å². The lowest BCUT2D eigenvalue weighted by Gasteiger charge is -2.17. The summed E-state index contributed by atoms with van der Waals surface area (Å²) in [6.45, 7) is 5.42. The SMILES string of the molecule is CS[C@@H](C)CN[C@H](C)c1ccc(-n2cnnn2)cc1. The van der Waals surface area contributed by atoms with Crippen LogP contribution in [0.4, 0.5) is 0 Å². The first-order valence-corrected chi connectivity index (χ1v) is 7.59. The molecule has 19 heavy (non-hydrogen) atoms. The topological polar surface area (TPSA) is 55.6 Å². The maximum atomic E-state index is 3.87. The Balaban J connectivity index is 1.98. The third kappa shape index (κ3) is 3.78. The summed E-state index contributed by atoms with van der Waals surface area (Å²) in [6, 6.07) is 8.62. The first-order chi connectivity index (χ1) is 9.20. The molecule has 1 N–H and O–H groups in total. The van der Waals surface area contributed by atoms with Crippen molar-refractivity contribution in [1.82, 2.24) is 25.5 Å². The quantitative estimate of drug-likeness (QED) is 0.876. The van der Waals surface area contributed by atoms with Crippen LogP contribution in [0.5, 0.6) is 0 Å². The van der Waals surface area contributed by atoms with Crippen LogP contribution in [0.3, 0.4) is 0 Å². The van der Waals surface area contributed by atoms with Crippen molar-refractivity contribution in [3.63, 3.8) is 0 Å². The van der Waals surface area contributed by atoms with E-state index in [4.69, 9.17) is 0 Å². The van der Waals surface area contributed by atoms with Crippen LogP contribution >= 0.6 is 11.8 Å². The molecule has 0 spiro atoms. The zero-order valence-corrected chi connectivity index (χ0v) is 12.3. The highest BCUT2D eigenvalue weighted by molar-refractivity contribution is 7.99. The van der Waals surface area contributed by atoms with E-state index < -0.39 is 0 Å². The Morgan fingerprint density at radius 3 is 2.58 bits per heavy atom. The molecule has 0 saturated heterocycles. The van der Waals surface area contributed by atoms with Gasteiger partial charge in [0.1, 0.15) is 6.33 Å². The van der Waals surface area contributed by atoms with E-state index in [9.17, 15) is 0 Å². The third-order valence-corrected chi connectivity index (χ3v) is 4.09. The Hall–Kier alpha value is -1.40. The second-order valence-corrected chi connectivity index (χ2v) is 5.80. The number of rotatable bonds is 6. The zero-order valence-electron chi connectivity index (χ0n) is 11.4. The minimum atomic E-state index is 0.345. The summed E-state index contributed by atoms with van der Waals surface area (Å²) >= 11 is 1.87. The van der Waals surface area contributed by atoms with E-state index in [1.165, 1.54) is 5.56 Å². The summed E-state index contributed by atoms with van der Waals surface area (Å²) in [4.78, 5) is 0. The van der Waals surface area contributed by atoms with E-state index in [-0.39, 0.29) is 0 Å². The summed E-state index contributed by atoms with van der Waals surface area (Å²) in [5, 5.41) is 15.3. The average molecular weight is 277 g/mol. The van der Waals surface area contributed by atoms with E-state index in [0.29, 0.717) is 11.3 Å². The summed E-state index contributed by atoms with van der Waals surface area (Å²) in [6.07, 6.45) is 3.73. The lowest BCUT2D eigenvalue weighted by molar-refractivity contribution is 0.576. The molecule has 2 aromatic rings. The van der Waals surface area contributed by atoms with Crippen LogP contribution in [0.2, 0.25) is 0 Å². The van der Waals surface area contributed by atoms with E-state index in [1.807, 2.05) is 23.9 Å². The molecule has 0 bridgehead atoms. The highest BCUT2D eigenvalue weighted by atomic mass is 32.2. The molecule has 6 heteroatoms. The number of benzene rings is 1. The van der Waals surface area contributed by atoms with Crippen molar-refractivity contribution >= 4 is 11.8 Å². The molecule has 0 aliphatic rings. The van der Waals surface area contributed by atoms with Gasteiger partial charge < -0.3 is 5.32 Å². The highest BCUT2D eigenvalue weighted by Crippen LogP contribution is 2.15. The second kappa shape index (κ2) is 6.68. The van der Waals surface area contributed by atoms with Crippen molar-refractivity contribution in [1.29, 1.82) is 0 Å². The Bertz CT molecular complexity index is 482. The molecule has 2 atom stereocenters. The minimum absolute atomic E-state index is 0.345. The number of aromatic nitrogens is 4. The van der Waals surface area contributed by atoms with Crippen molar-refractivity contribution in [2.45, 2.75) is 25.1 Å². The summed E-state index contributed by atoms with van der Waals surface area (Å²) < 4.78 is 1.65. The molecule has 102 valence electrons. The molecule has 5 nitrogen and oxygen atoms in total. The number of hydrogen-bond acceptors (Lipinski definition) is 5. The first kappa shape index (κ1) is 14.0. The van der Waals surface area contributed by atoms with Gasteiger partial charge in [-0.05, 0) is 41.3 Å². The van der Waals surface area contributed by atoms with Gasteiger partial charge in [0.25, 0.3) is 0 Å². The van der Waals surface area contributed by atoms with Gasteiger partial charge >= 0.3 is 0 Å². The van der Waals surface area contributed by atoms with Gasteiger partial charge in [-0.2, -0.15) is 11.8 Å². The monoisotopic (exact) mass is 277 g/mol. The predicted octanol–water partition coefficient (Wildman–Crippen LogP) is 2.06. The van der Waals surface area contributed by atoms with Gasteiger partial charge in [-0.25, -0.2) is 4.68 Å². The van der Waals surface area contributed by atoms with Crippen LogP contribution < -0.4 is 5.32 Å². The molecule has 1 aromatic heterocycles. The molecule has 0 saturated carbocycles. The maximum Gasteiger partial charge on any atom is 0.143 e. The number of thioether (sulfide) groups is 1. The second-order valence-electron chi connectivity index (χ2n) is 4.52. The van der Waals surface area contributed by atoms with Gasteiger partial charge in [0, 0.05) is 17.8 Å². The summed E-state index contributed by atoms with van der Waals surface area (Å²) in [5.74, 6) is 0. The van der Waals surface area contributed by atoms with E-state index >= 15 is 0 Å². The van der Waals surface area contributed by atoms with Gasteiger partial charge in [0.15, 0.2) is 0 Å². The van der Waals surface area contributed by atoms with Gasteiger partial charge in [-0.3, -0.25) is 0 Å². The Kier molecular flexibility index (Phi) is 4.93. The van der Waals surface area contributed by atoms with Gasteiger partial charge in [0.2, 0.25) is 0 Å². The van der Waals surface area contributed by atoms with Crippen molar-refractivity contribution in [3.05, 3.63) is 36.2 Å². The average Bonchev–Trinajstić information content (AvgIpc) is 2.98. The standard InChI is InChI=1S/C13H19N5S/c1-10(19-3)8-14-11(2)12-4-6-13(7-5-12)18-9-15-16-17-18/h4-7,9-11,14H,8H2,1-3H3/t10-,11+/m0/s1. The Labute approximate surface area is 117 Å². The smallest absolute Gasteiger partial charge is 0.143 e. The van der Waals surface area contributed by atoms with Crippen LogP contribution in [-0.2, 0) is 0 Å². The Morgan fingerprint density at radius 2 is 2.00 bits per heavy atom. The van der Waals surface area contributed by atoms with Gasteiger partial charge in [0.05, 0.1) is 5.69 Å². The fraction of sp³-hybridized carbons (Fsp3) is 0.462. The molecule has 1 heterocycles. The van der Waals surface area contributed by atoms with E-state index in [1.54, 1.807) is 11.0 Å². The molecule has 1 aromatic carbocycles. The van der Waals surface area contributed by atoms with Gasteiger partial charge in [-0.15, -0.1) is 5.10 Å². The summed E-state index contributed by atoms with van der Waals surface area (Å²) in [7, 11) is 0. The first-order valence-electron chi connectivity index (χ1n) is 6.30. The van der Waals surface area contributed by atoms with Crippen LogP contribution in [0, 0.1) is 0 Å². The lowest BCUT2D eigenvalue weighted by atomic mass is 10.1. The predicted molar refractivity (Wildman–Crippen MR) is 78.5 cm³/mol. The number of nitrogens with zero attached hydrogens (tertiary/aromatic N) is 4. The van der Waals surface area contributed by atoms with Crippen molar-refractivity contribution in [3.8, 4) is 5.69 Å². The normalized spacial score (nSPS) is 14.3. The Morgan fingerprint density at radius 1 is 1.26 bits per heavy atom. The molecule has 0 fully saturated rings. The molecule has 0 aliphatic heterocycles. The molecule has 0 amide bonds. The molecule has 2 rings (SSSR count). The molecular weight excluding hydrogens is 258 g/mol. The number of tetrazole rings is 1. The van der Waals surface area contributed by atoms with E-state index in [0.717, 1.165) is 12.2 Å². The molecular formula is C13H19N5S. The third-order valence-electron chi connectivity index (χ3n) is 3.12. The number of nitrogens with one attached hydrogen (secondary N) is 1. The fourth-order valence-corrected chi connectivity index (χ4v) is 2.00. The summed E-state index contributed by atoms with van der Waals surface area (Å²) in [5.41, 5.74) is 2.24. The van der Waals surface area contributed by atoms with Crippen molar-refractivity contribution < 1.29 is 0 Å². The molecule has 0 aliphatic carbocycles. The molecule has 0 radical (unpaired) electrons. The van der Waals surface area contributed by atoms with E-state index in [2.05, 4.69) is 53.1 Å². The maximum absolute atomic E-state index is 3.87. The molecule has 0 unspecified atom stereocenters. The van der Waals surface area contributed by atoms with Gasteiger partial charge in [-0.1, -0.05) is 19.1 Å². The minimum Gasteiger partial charge on any atom is -0.309 e. The number of hydrogen-bond donors (Lipinski definition) is 1. The largest absolute Gasteiger partial charge is 0.309 e. The van der Waals surface area contributed by atoms with Crippen LogP contribution in [-0.4, -0.2) is 38.3 Å². The zero-order chi connectivity index (χ0) is 13.7. The van der Waals surface area contributed by atoms with Crippen molar-refractivity contribution in [2.24, 2.45) is 0 Å².